The van der Waals surface area contributed by atoms with Crippen LogP contribution in [-0.4, -0.2) is 66.4 Å². The number of halogens is 1. The van der Waals surface area contributed by atoms with E-state index in [9.17, 15) is 14.0 Å². The summed E-state index contributed by atoms with van der Waals surface area (Å²) in [6.45, 7) is 2.80. The Labute approximate surface area is 195 Å². The van der Waals surface area contributed by atoms with Crippen LogP contribution in [0.25, 0.3) is 0 Å². The topological polar surface area (TPSA) is 67.9 Å². The van der Waals surface area contributed by atoms with E-state index < -0.39 is 11.7 Å². The van der Waals surface area contributed by atoms with Crippen LogP contribution in [0.5, 0.6) is 0 Å². The van der Waals surface area contributed by atoms with Crippen LogP contribution in [0.4, 0.5) is 4.39 Å². The Morgan fingerprint density at radius 2 is 1.94 bits per heavy atom. The van der Waals surface area contributed by atoms with E-state index in [1.165, 1.54) is 5.56 Å². The zero-order valence-electron chi connectivity index (χ0n) is 19.4. The average molecular weight is 459 g/mol. The van der Waals surface area contributed by atoms with Crippen molar-refractivity contribution in [2.24, 2.45) is 5.92 Å². The first-order valence-electron chi connectivity index (χ1n) is 12.5. The van der Waals surface area contributed by atoms with E-state index in [1.54, 1.807) is 0 Å². The van der Waals surface area contributed by atoms with Gasteiger partial charge in [0.25, 0.3) is 0 Å². The number of likely N-dealkylation sites (tertiary alicyclic amines) is 1. The van der Waals surface area contributed by atoms with Crippen LogP contribution in [0, 0.1) is 5.92 Å². The van der Waals surface area contributed by atoms with Gasteiger partial charge in [-0.15, -0.1) is 0 Å². The van der Waals surface area contributed by atoms with Gasteiger partial charge in [0.2, 0.25) is 11.8 Å². The van der Waals surface area contributed by atoms with Crippen molar-refractivity contribution in [3.8, 4) is 0 Å². The molecule has 2 saturated carbocycles. The molecule has 0 bridgehead atoms. The predicted molar refractivity (Wildman–Crippen MR) is 121 cm³/mol. The zero-order chi connectivity index (χ0) is 23.0. The lowest BCUT2D eigenvalue weighted by molar-refractivity contribution is -0.150. The van der Waals surface area contributed by atoms with Gasteiger partial charge in [0.1, 0.15) is 12.8 Å². The van der Waals surface area contributed by atoms with Crippen molar-refractivity contribution >= 4 is 11.8 Å². The highest BCUT2D eigenvalue weighted by molar-refractivity contribution is 5.82. The molecule has 5 rings (SSSR count). The van der Waals surface area contributed by atoms with Gasteiger partial charge in [0, 0.05) is 12.0 Å². The van der Waals surface area contributed by atoms with E-state index in [0.29, 0.717) is 38.4 Å². The fourth-order valence-corrected chi connectivity index (χ4v) is 6.39. The molecule has 2 amide bonds. The van der Waals surface area contributed by atoms with Gasteiger partial charge in [0.05, 0.1) is 30.9 Å². The first kappa shape index (κ1) is 22.8. The van der Waals surface area contributed by atoms with E-state index in [0.717, 1.165) is 25.7 Å². The number of nitrogens with one attached hydrogen (secondary N) is 1. The molecule has 0 radical (unpaired) electrons. The van der Waals surface area contributed by atoms with Gasteiger partial charge in [-0.2, -0.15) is 0 Å². The van der Waals surface area contributed by atoms with Crippen LogP contribution in [0.1, 0.15) is 63.4 Å². The summed E-state index contributed by atoms with van der Waals surface area (Å²) in [6.07, 6.45) is 4.64. The number of amides is 2. The van der Waals surface area contributed by atoms with Crippen molar-refractivity contribution in [2.75, 3.05) is 19.8 Å². The van der Waals surface area contributed by atoms with Crippen molar-refractivity contribution in [3.63, 3.8) is 0 Å². The molecule has 4 aliphatic rings. The smallest absolute Gasteiger partial charge is 0.246 e. The predicted octanol–water partition coefficient (Wildman–Crippen LogP) is 3.35. The molecule has 2 heterocycles. The SMILES string of the molecule is CC1CC2(COCC(=O)N2)C(COC2CCC(c3ccccc3)CC2)N1C(=O)C1CC(F)C1. The number of nitrogens with zero attached hydrogens (tertiary/aromatic N) is 1. The van der Waals surface area contributed by atoms with Crippen molar-refractivity contribution < 1.29 is 23.5 Å². The van der Waals surface area contributed by atoms with Crippen LogP contribution in [0.15, 0.2) is 30.3 Å². The summed E-state index contributed by atoms with van der Waals surface area (Å²) in [4.78, 5) is 27.4. The molecule has 3 atom stereocenters. The third-order valence-corrected chi connectivity index (χ3v) is 8.21. The largest absolute Gasteiger partial charge is 0.376 e. The number of rotatable bonds is 5. The average Bonchev–Trinajstić information content (AvgIpc) is 3.05. The third-order valence-electron chi connectivity index (χ3n) is 8.21. The van der Waals surface area contributed by atoms with Gasteiger partial charge >= 0.3 is 0 Å². The van der Waals surface area contributed by atoms with Crippen LogP contribution in [0.2, 0.25) is 0 Å². The number of carbonyl (C=O) groups excluding carboxylic acids is 2. The summed E-state index contributed by atoms with van der Waals surface area (Å²) in [5, 5.41) is 3.15. The fourth-order valence-electron chi connectivity index (χ4n) is 6.39. The second-order valence-electron chi connectivity index (χ2n) is 10.5. The fraction of sp³-hybridized carbons (Fsp3) is 0.692. The van der Waals surface area contributed by atoms with E-state index in [-0.39, 0.29) is 42.5 Å². The zero-order valence-corrected chi connectivity index (χ0v) is 19.4. The van der Waals surface area contributed by atoms with Crippen molar-refractivity contribution in [3.05, 3.63) is 35.9 Å². The third kappa shape index (κ3) is 4.54. The molecular formula is C26H35FN2O4. The normalized spacial score (nSPS) is 38.7. The number of alkyl halides is 1. The molecule has 1 aromatic carbocycles. The highest BCUT2D eigenvalue weighted by Crippen LogP contribution is 2.41. The van der Waals surface area contributed by atoms with Gasteiger partial charge in [-0.3, -0.25) is 9.59 Å². The lowest BCUT2D eigenvalue weighted by Crippen LogP contribution is -2.65. The monoisotopic (exact) mass is 458 g/mol. The maximum absolute atomic E-state index is 13.5. The number of benzene rings is 1. The first-order valence-corrected chi connectivity index (χ1v) is 12.5. The Bertz CT molecular complexity index is 853. The summed E-state index contributed by atoms with van der Waals surface area (Å²) >= 11 is 0. The molecule has 4 fully saturated rings. The van der Waals surface area contributed by atoms with Gasteiger partial charge in [0.15, 0.2) is 0 Å². The summed E-state index contributed by atoms with van der Waals surface area (Å²) in [5.41, 5.74) is 0.759. The second-order valence-corrected chi connectivity index (χ2v) is 10.5. The van der Waals surface area contributed by atoms with Crippen LogP contribution < -0.4 is 5.32 Å². The van der Waals surface area contributed by atoms with Crippen molar-refractivity contribution in [2.45, 2.75) is 87.7 Å². The lowest BCUT2D eigenvalue weighted by atomic mass is 9.81. The van der Waals surface area contributed by atoms with Gasteiger partial charge in [-0.1, -0.05) is 30.3 Å². The minimum absolute atomic E-state index is 0.00511. The van der Waals surface area contributed by atoms with E-state index >= 15 is 0 Å². The first-order chi connectivity index (χ1) is 15.9. The quantitative estimate of drug-likeness (QED) is 0.735. The van der Waals surface area contributed by atoms with Crippen molar-refractivity contribution in [1.29, 1.82) is 0 Å². The number of hydrogen-bond acceptors (Lipinski definition) is 4. The molecule has 3 unspecified atom stereocenters. The Morgan fingerprint density at radius 1 is 1.21 bits per heavy atom. The van der Waals surface area contributed by atoms with E-state index in [2.05, 4.69) is 35.6 Å². The number of carbonyl (C=O) groups is 2. The van der Waals surface area contributed by atoms with E-state index in [4.69, 9.17) is 9.47 Å². The Hall–Kier alpha value is -1.99. The minimum Gasteiger partial charge on any atom is -0.376 e. The molecule has 2 saturated heterocycles. The van der Waals surface area contributed by atoms with Crippen LogP contribution >= 0.6 is 0 Å². The molecule has 2 aliphatic heterocycles. The number of hydrogen-bond donors (Lipinski definition) is 1. The van der Waals surface area contributed by atoms with Crippen molar-refractivity contribution in [1.82, 2.24) is 10.2 Å². The molecule has 1 aromatic rings. The molecule has 2 aliphatic carbocycles. The maximum atomic E-state index is 13.5. The minimum atomic E-state index is -0.877. The molecule has 6 nitrogen and oxygen atoms in total. The summed E-state index contributed by atoms with van der Waals surface area (Å²) in [5.74, 6) is 0.153. The second kappa shape index (κ2) is 9.34. The van der Waals surface area contributed by atoms with E-state index in [1.807, 2.05) is 11.8 Å². The summed E-state index contributed by atoms with van der Waals surface area (Å²) < 4.78 is 25.5. The molecular weight excluding hydrogens is 423 g/mol. The molecule has 0 aromatic heterocycles. The Balaban J connectivity index is 1.26. The lowest BCUT2D eigenvalue weighted by Gasteiger charge is -2.43. The Morgan fingerprint density at radius 3 is 2.61 bits per heavy atom. The highest BCUT2D eigenvalue weighted by Gasteiger charge is 2.56. The highest BCUT2D eigenvalue weighted by atomic mass is 19.1. The maximum Gasteiger partial charge on any atom is 0.246 e. The van der Waals surface area contributed by atoms with Gasteiger partial charge < -0.3 is 19.7 Å². The summed E-state index contributed by atoms with van der Waals surface area (Å²) in [6, 6.07) is 10.3. The molecule has 33 heavy (non-hydrogen) atoms. The molecule has 1 spiro atoms. The van der Waals surface area contributed by atoms with Crippen LogP contribution in [-0.2, 0) is 19.1 Å². The molecule has 1 N–H and O–H groups in total. The number of ether oxygens (including phenoxy) is 2. The standard InChI is InChI=1S/C26H35FN2O4/c1-17-13-26(16-32-15-24(30)28-26)23(29(17)25(31)20-11-21(27)12-20)14-33-22-9-7-19(8-10-22)18-5-3-2-4-6-18/h2-6,17,19-23H,7-16H2,1H3,(H,28,30). The van der Waals surface area contributed by atoms with Gasteiger partial charge in [-0.25, -0.2) is 4.39 Å². The number of morpholine rings is 1. The summed E-state index contributed by atoms with van der Waals surface area (Å²) in [7, 11) is 0. The Kier molecular flexibility index (Phi) is 6.45. The van der Waals surface area contributed by atoms with Crippen LogP contribution in [0.3, 0.4) is 0 Å². The molecule has 180 valence electrons. The van der Waals surface area contributed by atoms with Gasteiger partial charge in [-0.05, 0) is 63.4 Å². The molecule has 7 heteroatoms.